The highest BCUT2D eigenvalue weighted by Gasteiger charge is 2.18. The van der Waals surface area contributed by atoms with Crippen molar-refractivity contribution in [2.75, 3.05) is 6.54 Å². The Morgan fingerprint density at radius 1 is 1.35 bits per heavy atom. The third-order valence-electron chi connectivity index (χ3n) is 2.73. The zero-order valence-corrected chi connectivity index (χ0v) is 12.6. The normalized spacial score (nSPS) is 12.7. The first kappa shape index (κ1) is 14.9. The van der Waals surface area contributed by atoms with Crippen molar-refractivity contribution in [1.29, 1.82) is 0 Å². The highest BCUT2D eigenvalue weighted by Crippen LogP contribution is 2.27. The monoisotopic (exact) mass is 294 g/mol. The van der Waals surface area contributed by atoms with Gasteiger partial charge in [-0.25, -0.2) is 0 Å². The summed E-state index contributed by atoms with van der Waals surface area (Å²) in [6.07, 6.45) is 3.63. The lowest BCUT2D eigenvalue weighted by atomic mass is 10.1. The van der Waals surface area contributed by atoms with Gasteiger partial charge in [0.05, 0.1) is 18.3 Å². The summed E-state index contributed by atoms with van der Waals surface area (Å²) in [6.45, 7) is 6.82. The number of hydrogen-bond acceptors (Lipinski definition) is 4. The average Bonchev–Trinajstić information content (AvgIpc) is 2.82. The molecule has 0 aliphatic carbocycles. The molecule has 2 heterocycles. The lowest BCUT2D eigenvalue weighted by molar-refractivity contribution is 0.241. The summed E-state index contributed by atoms with van der Waals surface area (Å²) in [5.74, 6) is 1.51. The molecule has 108 valence electrons. The second-order valence-electron chi connectivity index (χ2n) is 4.75. The summed E-state index contributed by atoms with van der Waals surface area (Å²) in [6, 6.07) is 5.49. The fourth-order valence-electron chi connectivity index (χ4n) is 2.00. The number of aromatic nitrogens is 1. The van der Waals surface area contributed by atoms with Crippen molar-refractivity contribution < 1.29 is 9.15 Å². The Labute approximate surface area is 124 Å². The van der Waals surface area contributed by atoms with Gasteiger partial charge < -0.3 is 14.5 Å². The fourth-order valence-corrected chi connectivity index (χ4v) is 2.15. The second kappa shape index (κ2) is 6.77. The number of furan rings is 1. The molecule has 2 aromatic heterocycles. The summed E-state index contributed by atoms with van der Waals surface area (Å²) >= 11 is 5.86. The van der Waals surface area contributed by atoms with Gasteiger partial charge in [-0.05, 0) is 55.8 Å². The van der Waals surface area contributed by atoms with E-state index in [1.807, 2.05) is 32.9 Å². The van der Waals surface area contributed by atoms with Crippen LogP contribution in [-0.2, 0) is 0 Å². The number of halogens is 1. The van der Waals surface area contributed by atoms with Gasteiger partial charge in [0.25, 0.3) is 0 Å². The van der Waals surface area contributed by atoms with Gasteiger partial charge in [0.15, 0.2) is 5.22 Å². The van der Waals surface area contributed by atoms with Crippen molar-refractivity contribution in [3.63, 3.8) is 0 Å². The van der Waals surface area contributed by atoms with Crippen LogP contribution < -0.4 is 10.1 Å². The van der Waals surface area contributed by atoms with Crippen LogP contribution in [0.25, 0.3) is 0 Å². The zero-order chi connectivity index (χ0) is 14.5. The molecule has 2 rings (SSSR count). The van der Waals surface area contributed by atoms with Gasteiger partial charge in [0.2, 0.25) is 0 Å². The molecule has 0 aromatic carbocycles. The Morgan fingerprint density at radius 2 is 2.15 bits per heavy atom. The maximum atomic E-state index is 5.86. The van der Waals surface area contributed by atoms with Crippen molar-refractivity contribution in [2.45, 2.75) is 32.9 Å². The largest absolute Gasteiger partial charge is 0.489 e. The summed E-state index contributed by atoms with van der Waals surface area (Å²) in [7, 11) is 0. The van der Waals surface area contributed by atoms with Gasteiger partial charge in [0, 0.05) is 6.20 Å². The molecule has 1 unspecified atom stereocenters. The molecule has 0 aliphatic rings. The van der Waals surface area contributed by atoms with Crippen LogP contribution in [0.15, 0.2) is 35.0 Å². The number of pyridine rings is 1. The van der Waals surface area contributed by atoms with Gasteiger partial charge in [-0.15, -0.1) is 0 Å². The first-order valence-electron chi connectivity index (χ1n) is 6.70. The van der Waals surface area contributed by atoms with Gasteiger partial charge >= 0.3 is 0 Å². The number of rotatable bonds is 6. The maximum absolute atomic E-state index is 5.86. The highest BCUT2D eigenvalue weighted by molar-refractivity contribution is 6.28. The molecule has 0 saturated heterocycles. The van der Waals surface area contributed by atoms with E-state index in [2.05, 4.69) is 10.3 Å². The van der Waals surface area contributed by atoms with Crippen LogP contribution >= 0.6 is 11.6 Å². The van der Waals surface area contributed by atoms with Crippen LogP contribution in [0.2, 0.25) is 5.22 Å². The third kappa shape index (κ3) is 3.74. The molecule has 2 aromatic rings. The lowest BCUT2D eigenvalue weighted by Crippen LogP contribution is -2.21. The molecule has 0 radical (unpaired) electrons. The van der Waals surface area contributed by atoms with Crippen LogP contribution in [0.4, 0.5) is 0 Å². The van der Waals surface area contributed by atoms with E-state index in [0.717, 1.165) is 23.6 Å². The SMILES string of the molecule is CCNC(c1cncc(OC(C)C)c1)c1ccc(Cl)o1. The van der Waals surface area contributed by atoms with Crippen molar-refractivity contribution in [2.24, 2.45) is 0 Å². The Bertz CT molecular complexity index is 554. The first-order chi connectivity index (χ1) is 9.60. The van der Waals surface area contributed by atoms with E-state index >= 15 is 0 Å². The number of hydrogen-bond donors (Lipinski definition) is 1. The van der Waals surface area contributed by atoms with E-state index in [4.69, 9.17) is 20.8 Å². The van der Waals surface area contributed by atoms with E-state index in [0.29, 0.717) is 5.22 Å². The molecule has 1 atom stereocenters. The van der Waals surface area contributed by atoms with Gasteiger partial charge in [-0.1, -0.05) is 6.92 Å². The Hall–Kier alpha value is -1.52. The molecular formula is C15H19ClN2O2. The predicted octanol–water partition coefficient (Wildman–Crippen LogP) is 3.81. The van der Waals surface area contributed by atoms with Crippen molar-refractivity contribution >= 4 is 11.6 Å². The van der Waals surface area contributed by atoms with E-state index in [9.17, 15) is 0 Å². The van der Waals surface area contributed by atoms with Gasteiger partial charge in [-0.3, -0.25) is 4.98 Å². The van der Waals surface area contributed by atoms with Crippen LogP contribution in [-0.4, -0.2) is 17.6 Å². The highest BCUT2D eigenvalue weighted by atomic mass is 35.5. The molecule has 20 heavy (non-hydrogen) atoms. The fraction of sp³-hybridized carbons (Fsp3) is 0.400. The molecule has 0 fully saturated rings. The van der Waals surface area contributed by atoms with Crippen LogP contribution in [0.3, 0.4) is 0 Å². The number of nitrogens with one attached hydrogen (secondary N) is 1. The molecule has 0 spiro atoms. The predicted molar refractivity (Wildman–Crippen MR) is 79.2 cm³/mol. The Balaban J connectivity index is 2.29. The van der Waals surface area contributed by atoms with Crippen LogP contribution in [0.1, 0.15) is 38.1 Å². The maximum Gasteiger partial charge on any atom is 0.193 e. The van der Waals surface area contributed by atoms with E-state index in [1.165, 1.54) is 0 Å². The van der Waals surface area contributed by atoms with E-state index in [-0.39, 0.29) is 12.1 Å². The van der Waals surface area contributed by atoms with Crippen molar-refractivity contribution in [3.8, 4) is 5.75 Å². The van der Waals surface area contributed by atoms with Crippen molar-refractivity contribution in [1.82, 2.24) is 10.3 Å². The standard InChI is InChI=1S/C15H19ClN2O2/c1-4-18-15(13-5-6-14(16)20-13)11-7-12(9-17-8-11)19-10(2)3/h5-10,15,18H,4H2,1-3H3. The zero-order valence-electron chi connectivity index (χ0n) is 11.9. The quantitative estimate of drug-likeness (QED) is 0.880. The molecule has 0 aliphatic heterocycles. The van der Waals surface area contributed by atoms with E-state index < -0.39 is 0 Å². The molecule has 5 heteroatoms. The molecule has 0 saturated carbocycles. The van der Waals surface area contributed by atoms with Crippen molar-refractivity contribution in [3.05, 3.63) is 47.1 Å². The minimum Gasteiger partial charge on any atom is -0.489 e. The lowest BCUT2D eigenvalue weighted by Gasteiger charge is -2.17. The summed E-state index contributed by atoms with van der Waals surface area (Å²) < 4.78 is 11.2. The first-order valence-corrected chi connectivity index (χ1v) is 7.08. The minimum atomic E-state index is -0.0873. The molecule has 1 N–H and O–H groups in total. The number of ether oxygens (including phenoxy) is 1. The molecular weight excluding hydrogens is 276 g/mol. The summed E-state index contributed by atoms with van der Waals surface area (Å²) in [5.41, 5.74) is 0.982. The minimum absolute atomic E-state index is 0.0873. The average molecular weight is 295 g/mol. The van der Waals surface area contributed by atoms with Crippen LogP contribution in [0, 0.1) is 0 Å². The third-order valence-corrected chi connectivity index (χ3v) is 2.93. The summed E-state index contributed by atoms with van der Waals surface area (Å²) in [4.78, 5) is 4.23. The Morgan fingerprint density at radius 3 is 2.75 bits per heavy atom. The molecule has 4 nitrogen and oxygen atoms in total. The molecule has 0 amide bonds. The van der Waals surface area contributed by atoms with Gasteiger partial charge in [-0.2, -0.15) is 0 Å². The Kier molecular flexibility index (Phi) is 5.04. The van der Waals surface area contributed by atoms with Gasteiger partial charge in [0.1, 0.15) is 11.5 Å². The molecule has 0 bridgehead atoms. The summed E-state index contributed by atoms with van der Waals surface area (Å²) in [5, 5.41) is 3.74. The number of nitrogens with zero attached hydrogens (tertiary/aromatic N) is 1. The smallest absolute Gasteiger partial charge is 0.193 e. The van der Waals surface area contributed by atoms with E-state index in [1.54, 1.807) is 18.5 Å². The topological polar surface area (TPSA) is 47.3 Å². The second-order valence-corrected chi connectivity index (χ2v) is 5.13. The van der Waals surface area contributed by atoms with Crippen LogP contribution in [0.5, 0.6) is 5.75 Å².